The number of hydrogen-bond acceptors (Lipinski definition) is 14. The number of aromatic nitrogens is 4. The quantitative estimate of drug-likeness (QED) is 0.0422. The number of carbonyl (C=O) groups excluding carboxylic acids is 4. The van der Waals surface area contributed by atoms with Crippen LogP contribution >= 0.6 is 22.9 Å². The third-order valence-electron chi connectivity index (χ3n) is 12.7. The van der Waals surface area contributed by atoms with Crippen molar-refractivity contribution in [3.8, 4) is 16.5 Å². The Morgan fingerprint density at radius 2 is 1.87 bits per heavy atom. The van der Waals surface area contributed by atoms with Gasteiger partial charge in [-0.1, -0.05) is 49.7 Å². The molecule has 0 bridgehead atoms. The van der Waals surface area contributed by atoms with E-state index in [9.17, 15) is 19.2 Å². The molecule has 4 atom stereocenters. The lowest BCUT2D eigenvalue weighted by atomic mass is 9.79. The highest BCUT2D eigenvalue weighted by Crippen LogP contribution is 2.45. The second kappa shape index (κ2) is 22.2. The van der Waals surface area contributed by atoms with Gasteiger partial charge in [0.1, 0.15) is 29.0 Å². The molecule has 3 aromatic heterocycles. The largest absolute Gasteiger partial charge is 0.389 e. The maximum absolute atomic E-state index is 13.9. The number of benzene rings is 1. The molecule has 0 spiro atoms. The fourth-order valence-electron chi connectivity index (χ4n) is 8.87. The third kappa shape index (κ3) is 12.1. The number of amides is 4. The maximum atomic E-state index is 13.9. The van der Waals surface area contributed by atoms with Gasteiger partial charge in [-0.25, -0.2) is 9.97 Å². The highest BCUT2D eigenvalue weighted by Gasteiger charge is 2.59. The number of aromatic amines is 1. The minimum absolute atomic E-state index is 0.0445. The molecule has 4 aromatic rings. The number of nitriles is 1. The van der Waals surface area contributed by atoms with Crippen LogP contribution in [0.2, 0.25) is 5.15 Å². The molecule has 3 aliphatic heterocycles. The highest BCUT2D eigenvalue weighted by atomic mass is 35.5. The topological polar surface area (TPSA) is 237 Å². The van der Waals surface area contributed by atoms with E-state index in [1.54, 1.807) is 34.6 Å². The number of aryl methyl sites for hydroxylation is 1. The molecule has 18 nitrogen and oxygen atoms in total. The van der Waals surface area contributed by atoms with Gasteiger partial charge in [-0.15, -0.1) is 11.3 Å². The van der Waals surface area contributed by atoms with Crippen molar-refractivity contribution in [1.29, 1.82) is 10.7 Å². The number of carbonyl (C=O) groups is 4. The van der Waals surface area contributed by atoms with Gasteiger partial charge in [0.15, 0.2) is 0 Å². The molecule has 6 N–H and O–H groups in total. The summed E-state index contributed by atoms with van der Waals surface area (Å²) in [5, 5.41) is 36.2. The van der Waals surface area contributed by atoms with Crippen molar-refractivity contribution in [3.63, 3.8) is 0 Å². The van der Waals surface area contributed by atoms with E-state index in [1.807, 2.05) is 63.5 Å². The van der Waals surface area contributed by atoms with Gasteiger partial charge < -0.3 is 35.8 Å². The summed E-state index contributed by atoms with van der Waals surface area (Å²) in [7, 11) is 0. The minimum atomic E-state index is -0.702. The van der Waals surface area contributed by atoms with Crippen molar-refractivity contribution < 1.29 is 23.9 Å². The van der Waals surface area contributed by atoms with Crippen molar-refractivity contribution in [2.24, 2.45) is 5.41 Å². The Morgan fingerprint density at radius 3 is 2.58 bits per heavy atom. The van der Waals surface area contributed by atoms with Crippen LogP contribution in [0.3, 0.4) is 0 Å². The van der Waals surface area contributed by atoms with Gasteiger partial charge in [0.2, 0.25) is 17.7 Å². The zero-order chi connectivity index (χ0) is 47.7. The molecule has 3 aliphatic rings. The van der Waals surface area contributed by atoms with Gasteiger partial charge >= 0.3 is 0 Å². The Labute approximate surface area is 399 Å². The Kier molecular flexibility index (Phi) is 16.2. The molecule has 7 rings (SSSR count). The number of piperazine rings is 1. The number of fused-ring (bicyclic) bond motifs is 1. The first kappa shape index (κ1) is 48.9. The summed E-state index contributed by atoms with van der Waals surface area (Å²) >= 11 is 7.57. The van der Waals surface area contributed by atoms with Crippen molar-refractivity contribution in [1.82, 2.24) is 56.1 Å². The number of nitrogens with zero attached hydrogens (tertiary/aromatic N) is 7. The number of halogens is 1. The summed E-state index contributed by atoms with van der Waals surface area (Å²) in [6.45, 7) is 13.5. The SMILES string of the molecule is Cc1ncsc1-c1ccc(CNC(=O)[C@@H]2CCC3N2C(=O)[C@@H](NC(=O)CN2CCN(CCCOCc4cc(C(=O)N[C@@H](C)CN/C=C\C(=N)c5ccc(C#N)c(Cl)n5)n[nH]4)CC2)C3(C)C)cc1. The fourth-order valence-corrected chi connectivity index (χ4v) is 9.88. The van der Waals surface area contributed by atoms with Crippen LogP contribution in [0, 0.1) is 29.1 Å². The number of thiazole rings is 1. The first-order chi connectivity index (χ1) is 32.2. The maximum Gasteiger partial charge on any atom is 0.272 e. The molecule has 3 fully saturated rings. The van der Waals surface area contributed by atoms with Gasteiger partial charge in [-0.05, 0) is 74.7 Å². The molecule has 1 unspecified atom stereocenters. The number of hydrogen-bond donors (Lipinski definition) is 6. The molecular formula is C47H58ClN13O5S. The first-order valence-corrected chi connectivity index (χ1v) is 23.8. The second-order valence-corrected chi connectivity index (χ2v) is 19.0. The number of rotatable bonds is 20. The number of pyridine rings is 1. The summed E-state index contributed by atoms with van der Waals surface area (Å²) in [4.78, 5) is 69.2. The van der Waals surface area contributed by atoms with Crippen LogP contribution in [0.1, 0.15) is 78.7 Å². The molecule has 0 aliphatic carbocycles. The van der Waals surface area contributed by atoms with Crippen molar-refractivity contribution in [3.05, 3.63) is 99.3 Å². The summed E-state index contributed by atoms with van der Waals surface area (Å²) in [6, 6.07) is 13.1. The number of ether oxygens (including phenoxy) is 1. The second-order valence-electron chi connectivity index (χ2n) is 17.8. The molecule has 1 aromatic carbocycles. The number of allylic oxidation sites excluding steroid dienone is 1. The van der Waals surface area contributed by atoms with Crippen LogP contribution in [0.15, 0.2) is 60.3 Å². The van der Waals surface area contributed by atoms with Crippen molar-refractivity contribution in [2.45, 2.75) is 84.3 Å². The van der Waals surface area contributed by atoms with Crippen molar-refractivity contribution >= 4 is 52.3 Å². The summed E-state index contributed by atoms with van der Waals surface area (Å²) in [5.41, 5.74) is 5.99. The van der Waals surface area contributed by atoms with Crippen LogP contribution in [-0.4, -0.2) is 141 Å². The molecule has 67 heavy (non-hydrogen) atoms. The predicted molar refractivity (Wildman–Crippen MR) is 254 cm³/mol. The molecule has 4 amide bonds. The molecule has 6 heterocycles. The van der Waals surface area contributed by atoms with Gasteiger partial charge in [0, 0.05) is 69.9 Å². The summed E-state index contributed by atoms with van der Waals surface area (Å²) < 4.78 is 5.87. The Bertz CT molecular complexity index is 2490. The van der Waals surface area contributed by atoms with Crippen LogP contribution in [0.5, 0.6) is 0 Å². The molecular weight excluding hydrogens is 894 g/mol. The lowest BCUT2D eigenvalue weighted by Gasteiger charge is -2.35. The third-order valence-corrected chi connectivity index (χ3v) is 13.9. The summed E-state index contributed by atoms with van der Waals surface area (Å²) in [6.07, 6.45) is 5.21. The van der Waals surface area contributed by atoms with Crippen LogP contribution in [0.25, 0.3) is 10.4 Å². The predicted octanol–water partition coefficient (Wildman–Crippen LogP) is 3.78. The van der Waals surface area contributed by atoms with E-state index >= 15 is 0 Å². The molecule has 0 saturated carbocycles. The minimum Gasteiger partial charge on any atom is -0.389 e. The Morgan fingerprint density at radius 1 is 1.10 bits per heavy atom. The van der Waals surface area contributed by atoms with E-state index in [-0.39, 0.29) is 71.0 Å². The Balaban J connectivity index is 0.751. The van der Waals surface area contributed by atoms with Gasteiger partial charge in [-0.2, -0.15) is 10.4 Å². The van der Waals surface area contributed by atoms with Crippen LogP contribution in [-0.2, 0) is 32.3 Å². The van der Waals surface area contributed by atoms with Crippen LogP contribution < -0.4 is 21.3 Å². The standard InChI is InChI=1S/C47H58ClN13O5S/c1-29(24-51-15-14-35(50)36-11-10-33(23-49)43(48)55-36)54-44(63)37-22-34(57-58-37)27-66-21-5-16-59-17-19-60(20-18-59)26-40(62)56-42-46(65)61-38(12-13-39(61)47(42,3)4)45(64)52-25-31-6-8-32(9-7-31)41-30(2)53-28-67-41/h6-11,14-15,22,28-29,38-39,42,50-51H,5,12-13,16-21,24-27H2,1-4H3,(H,52,64)(H,54,63)(H,56,62)(H,57,58)/b15-14-,50-35?/t29-,38-,39?,42+/m0/s1. The lowest BCUT2D eigenvalue weighted by molar-refractivity contribution is -0.139. The average Bonchev–Trinajstić information content (AvgIpc) is 4.12. The average molecular weight is 953 g/mol. The smallest absolute Gasteiger partial charge is 0.272 e. The van der Waals surface area contributed by atoms with Crippen LogP contribution in [0.4, 0.5) is 0 Å². The number of H-pyrrole nitrogens is 1. The van der Waals surface area contributed by atoms with E-state index in [1.165, 1.54) is 12.1 Å². The van der Waals surface area contributed by atoms with E-state index in [0.717, 1.165) is 60.8 Å². The molecule has 354 valence electrons. The van der Waals surface area contributed by atoms with E-state index in [4.69, 9.17) is 27.0 Å². The van der Waals surface area contributed by atoms with Crippen molar-refractivity contribution in [2.75, 3.05) is 52.4 Å². The monoisotopic (exact) mass is 951 g/mol. The van der Waals surface area contributed by atoms with Gasteiger partial charge in [0.25, 0.3) is 5.91 Å². The van der Waals surface area contributed by atoms with E-state index in [0.29, 0.717) is 43.9 Å². The van der Waals surface area contributed by atoms with Gasteiger partial charge in [0.05, 0.1) is 51.9 Å². The Hall–Kier alpha value is -6.04. The molecule has 3 saturated heterocycles. The number of nitrogens with one attached hydrogen (secondary N) is 6. The highest BCUT2D eigenvalue weighted by molar-refractivity contribution is 7.13. The fraction of sp³-hybridized carbons (Fsp3) is 0.468. The van der Waals surface area contributed by atoms with E-state index < -0.39 is 17.5 Å². The van der Waals surface area contributed by atoms with Gasteiger partial charge in [-0.3, -0.25) is 34.6 Å². The zero-order valence-electron chi connectivity index (χ0n) is 38.2. The zero-order valence-corrected chi connectivity index (χ0v) is 39.8. The first-order valence-electron chi connectivity index (χ1n) is 22.5. The summed E-state index contributed by atoms with van der Waals surface area (Å²) in [5.74, 6) is -0.881. The van der Waals surface area contributed by atoms with E-state index in [2.05, 4.69) is 51.2 Å². The lowest BCUT2D eigenvalue weighted by Crippen LogP contribution is -2.54. The normalized spacial score (nSPS) is 19.8. The molecule has 0 radical (unpaired) electrons. The molecule has 20 heteroatoms.